The van der Waals surface area contributed by atoms with E-state index in [0.717, 1.165) is 12.1 Å². The Hall–Kier alpha value is -3.86. The van der Waals surface area contributed by atoms with Gasteiger partial charge in [0.15, 0.2) is 5.11 Å². The van der Waals surface area contributed by atoms with Gasteiger partial charge in [-0.25, -0.2) is 0 Å². The Balaban J connectivity index is 1.82. The second-order valence-electron chi connectivity index (χ2n) is 5.30. The second-order valence-corrected chi connectivity index (χ2v) is 5.71. The molecule has 0 atom stereocenters. The average molecular weight is 386 g/mol. The lowest BCUT2D eigenvalue weighted by Crippen LogP contribution is -2.21. The number of nitro groups is 2. The maximum absolute atomic E-state index is 11.6. The van der Waals surface area contributed by atoms with Gasteiger partial charge in [-0.3, -0.25) is 30.3 Å². The van der Waals surface area contributed by atoms with Gasteiger partial charge in [-0.1, -0.05) is 12.1 Å². The molecule has 1 amide bonds. The quantitative estimate of drug-likeness (QED) is 0.346. The fraction of sp³-hybridized carbons (Fsp3) is 0. The molecule has 10 nitrogen and oxygen atoms in total. The fourth-order valence-corrected chi connectivity index (χ4v) is 2.46. The van der Waals surface area contributed by atoms with Gasteiger partial charge in [-0.2, -0.15) is 0 Å². The van der Waals surface area contributed by atoms with Gasteiger partial charge < -0.3 is 10.1 Å². The first kappa shape index (κ1) is 17.9. The molecule has 2 N–H and O–H groups in total. The van der Waals surface area contributed by atoms with E-state index < -0.39 is 21.2 Å². The monoisotopic (exact) mass is 386 g/mol. The highest BCUT2D eigenvalue weighted by Gasteiger charge is 2.22. The summed E-state index contributed by atoms with van der Waals surface area (Å²) in [5.41, 5.74) is 0.0367. The number of rotatable bonds is 5. The SMILES string of the molecule is O=C1NC(=S)N/C1=C\c1ccc(Oc2ccc([N+](=O)[O-])cc2[N+](=O)[O-])cc1. The highest BCUT2D eigenvalue weighted by molar-refractivity contribution is 7.80. The van der Waals surface area contributed by atoms with Crippen molar-refractivity contribution in [3.05, 3.63) is 74.0 Å². The van der Waals surface area contributed by atoms with Crippen LogP contribution < -0.4 is 15.4 Å². The lowest BCUT2D eigenvalue weighted by Gasteiger charge is -2.06. The van der Waals surface area contributed by atoms with Crippen molar-refractivity contribution in [1.82, 2.24) is 10.6 Å². The first-order chi connectivity index (χ1) is 12.8. The van der Waals surface area contributed by atoms with Gasteiger partial charge >= 0.3 is 5.69 Å². The number of thiocarbonyl (C=S) groups is 1. The van der Waals surface area contributed by atoms with E-state index in [-0.39, 0.29) is 22.5 Å². The molecule has 136 valence electrons. The summed E-state index contributed by atoms with van der Waals surface area (Å²) < 4.78 is 5.47. The Labute approximate surface area is 156 Å². The molecule has 1 saturated heterocycles. The molecule has 0 spiro atoms. The van der Waals surface area contributed by atoms with E-state index in [1.807, 2.05) is 0 Å². The van der Waals surface area contributed by atoms with Crippen LogP contribution in [0.5, 0.6) is 11.5 Å². The fourth-order valence-electron chi connectivity index (χ4n) is 2.26. The summed E-state index contributed by atoms with van der Waals surface area (Å²) >= 11 is 4.84. The third kappa shape index (κ3) is 4.04. The molecule has 0 bridgehead atoms. The van der Waals surface area contributed by atoms with Crippen molar-refractivity contribution < 1.29 is 19.4 Å². The molecule has 0 saturated carbocycles. The number of ether oxygens (including phenoxy) is 1. The maximum atomic E-state index is 11.6. The molecule has 2 aromatic carbocycles. The normalized spacial score (nSPS) is 14.6. The van der Waals surface area contributed by atoms with Crippen LogP contribution in [0.15, 0.2) is 48.2 Å². The summed E-state index contributed by atoms with van der Waals surface area (Å²) in [5.74, 6) is -0.186. The molecule has 1 heterocycles. The second kappa shape index (κ2) is 7.17. The molecule has 1 aliphatic rings. The molecular weight excluding hydrogens is 376 g/mol. The van der Waals surface area contributed by atoms with E-state index in [1.54, 1.807) is 30.3 Å². The lowest BCUT2D eigenvalue weighted by molar-refractivity contribution is -0.394. The highest BCUT2D eigenvalue weighted by atomic mass is 32.1. The summed E-state index contributed by atoms with van der Waals surface area (Å²) in [6, 6.07) is 9.48. The van der Waals surface area contributed by atoms with Crippen LogP contribution in [0.1, 0.15) is 5.56 Å². The van der Waals surface area contributed by atoms with Gasteiger partial charge in [-0.05, 0) is 42.1 Å². The minimum atomic E-state index is -0.756. The van der Waals surface area contributed by atoms with E-state index in [4.69, 9.17) is 17.0 Å². The van der Waals surface area contributed by atoms with Crippen LogP contribution in [0.3, 0.4) is 0 Å². The number of hydrogen-bond acceptors (Lipinski definition) is 7. The summed E-state index contributed by atoms with van der Waals surface area (Å²) in [6.07, 6.45) is 1.58. The van der Waals surface area contributed by atoms with Crippen molar-refractivity contribution in [3.8, 4) is 11.5 Å². The summed E-state index contributed by atoms with van der Waals surface area (Å²) in [6.45, 7) is 0. The first-order valence-electron chi connectivity index (χ1n) is 7.38. The molecule has 0 aliphatic carbocycles. The number of nitrogens with one attached hydrogen (secondary N) is 2. The lowest BCUT2D eigenvalue weighted by atomic mass is 10.2. The number of non-ortho nitro benzene ring substituents is 1. The molecular formula is C16H10N4O6S. The van der Waals surface area contributed by atoms with E-state index in [2.05, 4.69) is 10.6 Å². The zero-order valence-electron chi connectivity index (χ0n) is 13.4. The number of amides is 1. The Morgan fingerprint density at radius 2 is 1.70 bits per heavy atom. The zero-order valence-corrected chi connectivity index (χ0v) is 14.2. The van der Waals surface area contributed by atoms with Crippen LogP contribution >= 0.6 is 12.2 Å². The smallest absolute Gasteiger partial charge is 0.318 e. The number of carbonyl (C=O) groups excluding carboxylic acids is 1. The molecule has 1 aliphatic heterocycles. The summed E-state index contributed by atoms with van der Waals surface area (Å²) in [5, 5.41) is 27.3. The molecule has 1 fully saturated rings. The molecule has 0 aromatic heterocycles. The van der Waals surface area contributed by atoms with Crippen LogP contribution in [0.25, 0.3) is 6.08 Å². The molecule has 0 unspecified atom stereocenters. The van der Waals surface area contributed by atoms with Gasteiger partial charge in [0.25, 0.3) is 11.6 Å². The van der Waals surface area contributed by atoms with Crippen molar-refractivity contribution in [2.75, 3.05) is 0 Å². The summed E-state index contributed by atoms with van der Waals surface area (Å²) in [7, 11) is 0. The first-order valence-corrected chi connectivity index (χ1v) is 7.79. The zero-order chi connectivity index (χ0) is 19.6. The van der Waals surface area contributed by atoms with Crippen molar-refractivity contribution >= 4 is 40.7 Å². The maximum Gasteiger partial charge on any atom is 0.318 e. The van der Waals surface area contributed by atoms with E-state index >= 15 is 0 Å². The van der Waals surface area contributed by atoms with Gasteiger partial charge in [-0.15, -0.1) is 0 Å². The topological polar surface area (TPSA) is 137 Å². The summed E-state index contributed by atoms with van der Waals surface area (Å²) in [4.78, 5) is 32.0. The van der Waals surface area contributed by atoms with Crippen LogP contribution in [-0.4, -0.2) is 20.9 Å². The van der Waals surface area contributed by atoms with E-state index in [9.17, 15) is 25.0 Å². The van der Waals surface area contributed by atoms with Crippen molar-refractivity contribution in [2.24, 2.45) is 0 Å². The number of hydrogen-bond donors (Lipinski definition) is 2. The van der Waals surface area contributed by atoms with Crippen molar-refractivity contribution in [3.63, 3.8) is 0 Å². The van der Waals surface area contributed by atoms with Gasteiger partial charge in [0.05, 0.1) is 15.9 Å². The number of carbonyl (C=O) groups is 1. The van der Waals surface area contributed by atoms with Crippen molar-refractivity contribution in [1.29, 1.82) is 0 Å². The molecule has 3 rings (SSSR count). The Morgan fingerprint density at radius 3 is 2.26 bits per heavy atom. The van der Waals surface area contributed by atoms with Crippen LogP contribution in [0.4, 0.5) is 11.4 Å². The van der Waals surface area contributed by atoms with Crippen LogP contribution in [0.2, 0.25) is 0 Å². The Kier molecular flexibility index (Phi) is 4.77. The van der Waals surface area contributed by atoms with Gasteiger partial charge in [0.2, 0.25) is 5.75 Å². The van der Waals surface area contributed by atoms with Gasteiger partial charge in [0, 0.05) is 6.07 Å². The van der Waals surface area contributed by atoms with E-state index in [1.165, 1.54) is 6.07 Å². The third-order valence-corrected chi connectivity index (χ3v) is 3.69. The van der Waals surface area contributed by atoms with Crippen molar-refractivity contribution in [2.45, 2.75) is 0 Å². The standard InChI is InChI=1S/C16H10N4O6S/c21-15-12(17-16(27)18-15)7-9-1-4-11(5-2-9)26-14-6-3-10(19(22)23)8-13(14)20(24)25/h1-8H,(H2,17,18,21,27)/b12-7-. The minimum Gasteiger partial charge on any atom is -0.450 e. The molecule has 27 heavy (non-hydrogen) atoms. The largest absolute Gasteiger partial charge is 0.450 e. The number of nitro benzene ring substituents is 2. The van der Waals surface area contributed by atoms with Crippen LogP contribution in [0, 0.1) is 20.2 Å². The highest BCUT2D eigenvalue weighted by Crippen LogP contribution is 2.34. The predicted octanol–water partition coefficient (Wildman–Crippen LogP) is 2.64. The molecule has 0 radical (unpaired) electrons. The predicted molar refractivity (Wildman–Crippen MR) is 98.1 cm³/mol. The minimum absolute atomic E-state index is 0.126. The number of nitrogens with zero attached hydrogens (tertiary/aromatic N) is 2. The van der Waals surface area contributed by atoms with E-state index in [0.29, 0.717) is 11.3 Å². The average Bonchev–Trinajstić information content (AvgIpc) is 2.93. The number of benzene rings is 2. The van der Waals surface area contributed by atoms with Crippen LogP contribution in [-0.2, 0) is 4.79 Å². The Morgan fingerprint density at radius 1 is 1.00 bits per heavy atom. The third-order valence-electron chi connectivity index (χ3n) is 3.49. The van der Waals surface area contributed by atoms with Gasteiger partial charge in [0.1, 0.15) is 11.4 Å². The Bertz CT molecular complexity index is 1000. The molecule has 11 heteroatoms. The molecule has 2 aromatic rings.